The summed E-state index contributed by atoms with van der Waals surface area (Å²) in [7, 11) is 0. The molecule has 1 aromatic carbocycles. The van der Waals surface area contributed by atoms with Crippen LogP contribution >= 0.6 is 0 Å². The fraction of sp³-hybridized carbons (Fsp3) is 0.273. The lowest BCUT2D eigenvalue weighted by Gasteiger charge is -2.06. The Labute approximate surface area is 106 Å². The average molecular weight is 266 g/mol. The van der Waals surface area contributed by atoms with Gasteiger partial charge in [-0.05, 0) is 12.5 Å². The highest BCUT2D eigenvalue weighted by atomic mass is 16.6. The van der Waals surface area contributed by atoms with Crippen LogP contribution in [0.25, 0.3) is 0 Å². The van der Waals surface area contributed by atoms with Crippen LogP contribution in [-0.2, 0) is 9.59 Å². The van der Waals surface area contributed by atoms with Crippen molar-refractivity contribution in [2.75, 3.05) is 5.32 Å². The Bertz CT molecular complexity index is 570. The molecule has 100 valence electrons. The number of carbonyl (C=O) groups excluding carboxylic acids is 1. The first-order valence-electron chi connectivity index (χ1n) is 5.41. The van der Waals surface area contributed by atoms with Crippen LogP contribution in [0, 0.1) is 22.0 Å². The lowest BCUT2D eigenvalue weighted by atomic mass is 10.2. The van der Waals surface area contributed by atoms with E-state index in [1.807, 2.05) is 0 Å². The van der Waals surface area contributed by atoms with Crippen LogP contribution in [0.2, 0.25) is 0 Å². The van der Waals surface area contributed by atoms with Crippen molar-refractivity contribution < 1.29 is 24.7 Å². The molecule has 2 unspecified atom stereocenters. The number of rotatable bonds is 4. The van der Waals surface area contributed by atoms with Crippen LogP contribution in [0.1, 0.15) is 6.42 Å². The fourth-order valence-corrected chi connectivity index (χ4v) is 1.72. The predicted molar refractivity (Wildman–Crippen MR) is 62.6 cm³/mol. The third-order valence-corrected chi connectivity index (χ3v) is 2.89. The quantitative estimate of drug-likeness (QED) is 0.422. The largest absolute Gasteiger partial charge is 0.506 e. The molecule has 1 fully saturated rings. The van der Waals surface area contributed by atoms with E-state index in [9.17, 15) is 24.8 Å². The molecule has 2 rings (SSSR count). The molecule has 0 saturated heterocycles. The Hall–Kier alpha value is -2.64. The minimum atomic E-state index is -1.05. The summed E-state index contributed by atoms with van der Waals surface area (Å²) in [4.78, 5) is 32.2. The Kier molecular flexibility index (Phi) is 3.07. The first kappa shape index (κ1) is 12.8. The maximum Gasteiger partial charge on any atom is 0.307 e. The van der Waals surface area contributed by atoms with Crippen molar-refractivity contribution in [2.45, 2.75) is 6.42 Å². The molecule has 0 heterocycles. The van der Waals surface area contributed by atoms with E-state index in [2.05, 4.69) is 5.32 Å². The van der Waals surface area contributed by atoms with E-state index >= 15 is 0 Å². The van der Waals surface area contributed by atoms with Crippen LogP contribution in [0.3, 0.4) is 0 Å². The van der Waals surface area contributed by atoms with E-state index < -0.39 is 28.6 Å². The number of aliphatic carboxylic acids is 1. The topological polar surface area (TPSA) is 130 Å². The smallest absolute Gasteiger partial charge is 0.307 e. The SMILES string of the molecule is O=C(O)C1CC1C(=O)Nc1cc([N+](=O)[O-])ccc1O. The van der Waals surface area contributed by atoms with Gasteiger partial charge in [0.1, 0.15) is 5.75 Å². The van der Waals surface area contributed by atoms with Crippen molar-refractivity contribution >= 4 is 23.3 Å². The highest BCUT2D eigenvalue weighted by Gasteiger charge is 2.48. The molecule has 2 atom stereocenters. The molecular formula is C11H10N2O6. The molecular weight excluding hydrogens is 256 g/mol. The summed E-state index contributed by atoms with van der Waals surface area (Å²) in [6.07, 6.45) is 0.233. The van der Waals surface area contributed by atoms with Gasteiger partial charge in [-0.2, -0.15) is 0 Å². The number of aromatic hydroxyl groups is 1. The molecule has 1 amide bonds. The van der Waals surface area contributed by atoms with Crippen molar-refractivity contribution in [1.29, 1.82) is 0 Å². The molecule has 8 nitrogen and oxygen atoms in total. The first-order valence-corrected chi connectivity index (χ1v) is 5.41. The number of nitrogens with one attached hydrogen (secondary N) is 1. The van der Waals surface area contributed by atoms with E-state index in [-0.39, 0.29) is 23.5 Å². The van der Waals surface area contributed by atoms with Gasteiger partial charge in [-0.3, -0.25) is 19.7 Å². The maximum atomic E-state index is 11.7. The molecule has 1 aliphatic carbocycles. The van der Waals surface area contributed by atoms with Gasteiger partial charge in [0.25, 0.3) is 5.69 Å². The number of carbonyl (C=O) groups is 2. The Morgan fingerprint density at radius 2 is 2.05 bits per heavy atom. The van der Waals surface area contributed by atoms with Crippen LogP contribution in [0.15, 0.2) is 18.2 Å². The van der Waals surface area contributed by atoms with Gasteiger partial charge in [-0.1, -0.05) is 0 Å². The number of amides is 1. The standard InChI is InChI=1S/C11H10N2O6/c14-9-2-1-5(13(18)19)3-8(9)12-10(15)6-4-7(6)11(16)17/h1-3,6-7,14H,4H2,(H,12,15)(H,16,17). The summed E-state index contributed by atoms with van der Waals surface area (Å²) in [5.74, 6) is -3.31. The number of phenolic OH excluding ortho intramolecular Hbond substituents is 1. The summed E-state index contributed by atoms with van der Waals surface area (Å²) in [5, 5.41) is 31.0. The second-order valence-electron chi connectivity index (χ2n) is 4.23. The van der Waals surface area contributed by atoms with Crippen molar-refractivity contribution in [3.8, 4) is 5.75 Å². The number of phenols is 1. The maximum absolute atomic E-state index is 11.7. The van der Waals surface area contributed by atoms with E-state index in [0.717, 1.165) is 18.2 Å². The number of carboxylic acids is 1. The fourth-order valence-electron chi connectivity index (χ4n) is 1.72. The number of nitro benzene ring substituents is 1. The van der Waals surface area contributed by atoms with Crippen LogP contribution in [0.5, 0.6) is 5.75 Å². The van der Waals surface area contributed by atoms with Gasteiger partial charge in [0.15, 0.2) is 0 Å². The molecule has 1 aliphatic rings. The number of hydrogen-bond donors (Lipinski definition) is 3. The highest BCUT2D eigenvalue weighted by Crippen LogP contribution is 2.40. The Morgan fingerprint density at radius 3 is 2.58 bits per heavy atom. The molecule has 1 saturated carbocycles. The summed E-state index contributed by atoms with van der Waals surface area (Å²) in [6.45, 7) is 0. The molecule has 0 spiro atoms. The van der Waals surface area contributed by atoms with Crippen molar-refractivity contribution in [3.05, 3.63) is 28.3 Å². The summed E-state index contributed by atoms with van der Waals surface area (Å²) >= 11 is 0. The number of hydrogen-bond acceptors (Lipinski definition) is 5. The predicted octanol–water partition coefficient (Wildman–Crippen LogP) is 0.960. The van der Waals surface area contributed by atoms with Gasteiger partial charge >= 0.3 is 5.97 Å². The van der Waals surface area contributed by atoms with E-state index in [1.165, 1.54) is 0 Å². The Balaban J connectivity index is 2.11. The highest BCUT2D eigenvalue weighted by molar-refractivity contribution is 5.99. The van der Waals surface area contributed by atoms with Crippen molar-refractivity contribution in [1.82, 2.24) is 0 Å². The number of carboxylic acid groups (broad SMARTS) is 1. The van der Waals surface area contributed by atoms with Gasteiger partial charge in [0, 0.05) is 12.1 Å². The molecule has 1 aromatic rings. The average Bonchev–Trinajstić information content (AvgIpc) is 3.11. The summed E-state index contributed by atoms with van der Waals surface area (Å²) in [5.41, 5.74) is -0.381. The van der Waals surface area contributed by atoms with Gasteiger partial charge in [0.05, 0.1) is 22.4 Å². The third kappa shape index (κ3) is 2.62. The number of anilines is 1. The Morgan fingerprint density at radius 1 is 1.37 bits per heavy atom. The van der Waals surface area contributed by atoms with Gasteiger partial charge in [0.2, 0.25) is 5.91 Å². The lowest BCUT2D eigenvalue weighted by Crippen LogP contribution is -2.17. The summed E-state index contributed by atoms with van der Waals surface area (Å²) < 4.78 is 0. The zero-order valence-corrected chi connectivity index (χ0v) is 9.57. The molecule has 0 aromatic heterocycles. The lowest BCUT2D eigenvalue weighted by molar-refractivity contribution is -0.384. The van der Waals surface area contributed by atoms with E-state index in [1.54, 1.807) is 0 Å². The molecule has 8 heteroatoms. The number of benzene rings is 1. The van der Waals surface area contributed by atoms with Crippen LogP contribution < -0.4 is 5.32 Å². The van der Waals surface area contributed by atoms with E-state index in [4.69, 9.17) is 5.11 Å². The van der Waals surface area contributed by atoms with Gasteiger partial charge in [-0.15, -0.1) is 0 Å². The van der Waals surface area contributed by atoms with Crippen LogP contribution in [-0.4, -0.2) is 27.0 Å². The third-order valence-electron chi connectivity index (χ3n) is 2.89. The minimum Gasteiger partial charge on any atom is -0.506 e. The van der Waals surface area contributed by atoms with Crippen molar-refractivity contribution in [3.63, 3.8) is 0 Å². The number of non-ortho nitro benzene ring substituents is 1. The van der Waals surface area contributed by atoms with Gasteiger partial charge in [-0.25, -0.2) is 0 Å². The monoisotopic (exact) mass is 266 g/mol. The van der Waals surface area contributed by atoms with E-state index in [0.29, 0.717) is 0 Å². The zero-order chi connectivity index (χ0) is 14.2. The molecule has 0 bridgehead atoms. The number of nitro groups is 1. The normalized spacial score (nSPS) is 20.6. The zero-order valence-electron chi connectivity index (χ0n) is 9.57. The first-order chi connectivity index (χ1) is 8.90. The molecule has 0 radical (unpaired) electrons. The van der Waals surface area contributed by atoms with Gasteiger partial charge < -0.3 is 15.5 Å². The van der Waals surface area contributed by atoms with Crippen LogP contribution in [0.4, 0.5) is 11.4 Å². The summed E-state index contributed by atoms with van der Waals surface area (Å²) in [6, 6.07) is 3.21. The van der Waals surface area contributed by atoms with Crippen molar-refractivity contribution in [2.24, 2.45) is 11.8 Å². The second-order valence-corrected chi connectivity index (χ2v) is 4.23. The second kappa shape index (κ2) is 4.56. The molecule has 3 N–H and O–H groups in total. The molecule has 0 aliphatic heterocycles. The molecule has 19 heavy (non-hydrogen) atoms. The minimum absolute atomic E-state index is 0.102. The number of nitrogens with zero attached hydrogens (tertiary/aromatic N) is 1.